The highest BCUT2D eigenvalue weighted by molar-refractivity contribution is 7.92. The van der Waals surface area contributed by atoms with E-state index in [-0.39, 0.29) is 10.8 Å². The summed E-state index contributed by atoms with van der Waals surface area (Å²) >= 11 is 1.04. The molecule has 0 spiro atoms. The molecule has 7 nitrogen and oxygen atoms in total. The van der Waals surface area contributed by atoms with E-state index in [1.54, 1.807) is 16.9 Å². The third-order valence-corrected chi connectivity index (χ3v) is 5.13. The second-order valence-electron chi connectivity index (χ2n) is 4.44. The van der Waals surface area contributed by atoms with Gasteiger partial charge in [-0.2, -0.15) is 13.5 Å². The van der Waals surface area contributed by atoms with E-state index >= 15 is 0 Å². The molecule has 114 valence electrons. The summed E-state index contributed by atoms with van der Waals surface area (Å²) in [5.41, 5.74) is 0.761. The van der Waals surface area contributed by atoms with Gasteiger partial charge in [0.1, 0.15) is 0 Å². The van der Waals surface area contributed by atoms with E-state index in [2.05, 4.69) is 19.4 Å². The lowest BCUT2D eigenvalue weighted by molar-refractivity contribution is 0.596. The average Bonchev–Trinajstić information content (AvgIpc) is 3.16. The maximum Gasteiger partial charge on any atom is 0.284 e. The third kappa shape index (κ3) is 2.85. The first-order valence-corrected chi connectivity index (χ1v) is 8.80. The van der Waals surface area contributed by atoms with Gasteiger partial charge in [0.15, 0.2) is 5.82 Å². The maximum atomic E-state index is 12.5. The lowest BCUT2D eigenvalue weighted by Gasteiger charge is -2.04. The zero-order chi connectivity index (χ0) is 15.6. The summed E-state index contributed by atoms with van der Waals surface area (Å²) in [6.07, 6.45) is 1.70. The van der Waals surface area contributed by atoms with E-state index in [0.29, 0.717) is 11.4 Å². The van der Waals surface area contributed by atoms with Crippen molar-refractivity contribution in [2.45, 2.75) is 18.5 Å². The van der Waals surface area contributed by atoms with E-state index in [1.165, 1.54) is 0 Å². The summed E-state index contributed by atoms with van der Waals surface area (Å²) in [7, 11) is -3.83. The van der Waals surface area contributed by atoms with Gasteiger partial charge in [-0.05, 0) is 24.0 Å². The van der Waals surface area contributed by atoms with E-state index in [1.807, 2.05) is 37.3 Å². The van der Waals surface area contributed by atoms with Gasteiger partial charge in [-0.1, -0.05) is 34.8 Å². The molecule has 2 heterocycles. The Hall–Kier alpha value is -2.26. The highest BCUT2D eigenvalue weighted by atomic mass is 32.2. The Morgan fingerprint density at radius 3 is 2.68 bits per heavy atom. The van der Waals surface area contributed by atoms with E-state index in [4.69, 9.17) is 0 Å². The molecule has 0 fully saturated rings. The van der Waals surface area contributed by atoms with Crippen molar-refractivity contribution in [3.63, 3.8) is 0 Å². The van der Waals surface area contributed by atoms with Crippen LogP contribution in [0.15, 0.2) is 47.6 Å². The summed E-state index contributed by atoms with van der Waals surface area (Å²) < 4.78 is 32.8. The smallest absolute Gasteiger partial charge is 0.271 e. The van der Waals surface area contributed by atoms with Crippen LogP contribution in [0.25, 0.3) is 10.4 Å². The predicted octanol–water partition coefficient (Wildman–Crippen LogP) is 2.22. The van der Waals surface area contributed by atoms with Gasteiger partial charge in [-0.3, -0.25) is 9.40 Å². The first-order valence-electron chi connectivity index (χ1n) is 6.54. The Morgan fingerprint density at radius 1 is 1.23 bits per heavy atom. The molecular weight excluding hydrogens is 322 g/mol. The van der Waals surface area contributed by atoms with E-state index in [9.17, 15) is 8.42 Å². The molecule has 0 bridgehead atoms. The molecule has 0 atom stereocenters. The van der Waals surface area contributed by atoms with Crippen molar-refractivity contribution in [2.24, 2.45) is 0 Å². The lowest BCUT2D eigenvalue weighted by atomic mass is 10.2. The van der Waals surface area contributed by atoms with E-state index in [0.717, 1.165) is 17.1 Å². The molecule has 3 aromatic rings. The molecule has 0 radical (unpaired) electrons. The van der Waals surface area contributed by atoms with Crippen molar-refractivity contribution < 1.29 is 8.42 Å². The Kier molecular flexibility index (Phi) is 3.90. The van der Waals surface area contributed by atoms with Gasteiger partial charge < -0.3 is 0 Å². The molecule has 0 amide bonds. The maximum absolute atomic E-state index is 12.5. The standard InChI is InChI=1S/C13H13N5O2S2/c1-2-18-9-8-11(15-18)16-22(19,20)13-12(21-17-14-13)10-6-4-3-5-7-10/h3-9H,2H2,1H3,(H,15,16). The second-order valence-corrected chi connectivity index (χ2v) is 6.79. The van der Waals surface area contributed by atoms with Crippen LogP contribution < -0.4 is 4.72 Å². The molecular formula is C13H13N5O2S2. The highest BCUT2D eigenvalue weighted by Crippen LogP contribution is 2.29. The summed E-state index contributed by atoms with van der Waals surface area (Å²) in [6.45, 7) is 2.58. The quantitative estimate of drug-likeness (QED) is 0.772. The monoisotopic (exact) mass is 335 g/mol. The first-order chi connectivity index (χ1) is 10.6. The van der Waals surface area contributed by atoms with Gasteiger partial charge in [0, 0.05) is 18.8 Å². The van der Waals surface area contributed by atoms with Crippen LogP contribution >= 0.6 is 11.5 Å². The van der Waals surface area contributed by atoms with Crippen LogP contribution in [-0.4, -0.2) is 27.8 Å². The van der Waals surface area contributed by atoms with Gasteiger partial charge in [0.2, 0.25) is 5.03 Å². The molecule has 0 aliphatic heterocycles. The Morgan fingerprint density at radius 2 is 2.00 bits per heavy atom. The van der Waals surface area contributed by atoms with Gasteiger partial charge >= 0.3 is 0 Å². The Balaban J connectivity index is 1.95. The van der Waals surface area contributed by atoms with Crippen molar-refractivity contribution in [3.8, 4) is 10.4 Å². The van der Waals surface area contributed by atoms with Crippen LogP contribution in [-0.2, 0) is 16.6 Å². The number of anilines is 1. The van der Waals surface area contributed by atoms with E-state index < -0.39 is 10.0 Å². The molecule has 9 heteroatoms. The van der Waals surface area contributed by atoms with Crippen LogP contribution in [0.4, 0.5) is 5.82 Å². The first kappa shape index (κ1) is 14.7. The fraction of sp³-hybridized carbons (Fsp3) is 0.154. The summed E-state index contributed by atoms with van der Waals surface area (Å²) in [4.78, 5) is 0.503. The van der Waals surface area contributed by atoms with Crippen molar-refractivity contribution in [2.75, 3.05) is 4.72 Å². The van der Waals surface area contributed by atoms with Crippen LogP contribution in [0, 0.1) is 0 Å². The SMILES string of the molecule is CCn1ccc(NS(=O)(=O)c2nnsc2-c2ccccc2)n1. The number of sulfonamides is 1. The van der Waals surface area contributed by atoms with Gasteiger partial charge in [0.25, 0.3) is 10.0 Å². The number of aryl methyl sites for hydroxylation is 1. The normalized spacial score (nSPS) is 11.5. The third-order valence-electron chi connectivity index (χ3n) is 2.95. The van der Waals surface area contributed by atoms with Crippen LogP contribution in [0.3, 0.4) is 0 Å². The average molecular weight is 335 g/mol. The number of rotatable bonds is 5. The molecule has 2 aromatic heterocycles. The van der Waals surface area contributed by atoms with Gasteiger partial charge in [-0.15, -0.1) is 5.10 Å². The number of benzene rings is 1. The van der Waals surface area contributed by atoms with Gasteiger partial charge in [0.05, 0.1) is 4.88 Å². The summed E-state index contributed by atoms with van der Waals surface area (Å²) in [5, 5.41) is 7.79. The van der Waals surface area contributed by atoms with Crippen LogP contribution in [0.2, 0.25) is 0 Å². The fourth-order valence-electron chi connectivity index (χ4n) is 1.90. The van der Waals surface area contributed by atoms with Crippen molar-refractivity contribution >= 4 is 27.4 Å². The second kappa shape index (κ2) is 5.85. The van der Waals surface area contributed by atoms with Crippen LogP contribution in [0.5, 0.6) is 0 Å². The molecule has 0 saturated heterocycles. The number of hydrogen-bond donors (Lipinski definition) is 1. The molecule has 0 aliphatic carbocycles. The summed E-state index contributed by atoms with van der Waals surface area (Å²) in [5.74, 6) is 0.258. The predicted molar refractivity (Wildman–Crippen MR) is 84.1 cm³/mol. The van der Waals surface area contributed by atoms with Crippen molar-refractivity contribution in [1.29, 1.82) is 0 Å². The largest absolute Gasteiger partial charge is 0.284 e. The molecule has 1 aromatic carbocycles. The van der Waals surface area contributed by atoms with Crippen LogP contribution in [0.1, 0.15) is 6.92 Å². The highest BCUT2D eigenvalue weighted by Gasteiger charge is 2.25. The number of aromatic nitrogens is 4. The minimum atomic E-state index is -3.83. The molecule has 1 N–H and O–H groups in total. The number of nitrogens with one attached hydrogen (secondary N) is 1. The zero-order valence-corrected chi connectivity index (χ0v) is 13.3. The molecule has 3 rings (SSSR count). The Bertz CT molecular complexity index is 871. The minimum Gasteiger partial charge on any atom is -0.271 e. The molecule has 0 unspecified atom stereocenters. The molecule has 0 saturated carbocycles. The fourth-order valence-corrected chi connectivity index (χ4v) is 3.95. The Labute approximate surface area is 131 Å². The number of nitrogens with zero attached hydrogens (tertiary/aromatic N) is 4. The topological polar surface area (TPSA) is 89.8 Å². The minimum absolute atomic E-state index is 0.0882. The van der Waals surface area contributed by atoms with Gasteiger partial charge in [-0.25, -0.2) is 0 Å². The molecule has 22 heavy (non-hydrogen) atoms. The summed E-state index contributed by atoms with van der Waals surface area (Å²) in [6, 6.07) is 10.8. The van der Waals surface area contributed by atoms with Crippen molar-refractivity contribution in [1.82, 2.24) is 19.4 Å². The zero-order valence-electron chi connectivity index (χ0n) is 11.7. The molecule has 0 aliphatic rings. The number of hydrogen-bond acceptors (Lipinski definition) is 6. The lowest BCUT2D eigenvalue weighted by Crippen LogP contribution is -2.15. The van der Waals surface area contributed by atoms with Crippen molar-refractivity contribution in [3.05, 3.63) is 42.6 Å².